The number of benzene rings is 1. The van der Waals surface area contributed by atoms with Crippen molar-refractivity contribution < 1.29 is 14.3 Å². The Morgan fingerprint density at radius 2 is 1.88 bits per heavy atom. The van der Waals surface area contributed by atoms with E-state index < -0.39 is 5.97 Å². The molecule has 0 N–H and O–H groups in total. The lowest BCUT2D eigenvalue weighted by Gasteiger charge is -2.09. The van der Waals surface area contributed by atoms with Gasteiger partial charge in [0.1, 0.15) is 5.15 Å². The van der Waals surface area contributed by atoms with Crippen LogP contribution in [0.1, 0.15) is 22.4 Å². The van der Waals surface area contributed by atoms with Crippen LogP contribution in [-0.4, -0.2) is 47.3 Å². The van der Waals surface area contributed by atoms with Gasteiger partial charge in [0.05, 0.1) is 12.2 Å². The third kappa shape index (κ3) is 5.20. The van der Waals surface area contributed by atoms with Crippen molar-refractivity contribution in [2.45, 2.75) is 20.4 Å². The number of aryl methyl sites for hydroxylation is 2. The Balaban J connectivity index is 2.06. The summed E-state index contributed by atoms with van der Waals surface area (Å²) in [5, 5.41) is 4.87. The summed E-state index contributed by atoms with van der Waals surface area (Å²) in [7, 11) is 3.19. The van der Waals surface area contributed by atoms with Crippen molar-refractivity contribution in [3.63, 3.8) is 0 Å². The zero-order valence-electron chi connectivity index (χ0n) is 15.3. The van der Waals surface area contributed by atoms with Crippen LogP contribution in [-0.2, 0) is 20.9 Å². The molecule has 1 amide bonds. The predicted octanol–water partition coefficient (Wildman–Crippen LogP) is 2.85. The monoisotopic (exact) mass is 375 g/mol. The summed E-state index contributed by atoms with van der Waals surface area (Å²) in [5.41, 5.74) is 3.62. The molecule has 138 valence electrons. The summed E-state index contributed by atoms with van der Waals surface area (Å²) in [6.07, 6.45) is 2.80. The first kappa shape index (κ1) is 19.7. The average molecular weight is 376 g/mol. The molecule has 0 aliphatic heterocycles. The number of ether oxygens (including phenoxy) is 1. The summed E-state index contributed by atoms with van der Waals surface area (Å²) >= 11 is 6.40. The molecule has 2 aromatic rings. The lowest BCUT2D eigenvalue weighted by atomic mass is 10.1. The van der Waals surface area contributed by atoms with Crippen LogP contribution in [0.15, 0.2) is 30.3 Å². The number of carbonyl (C=O) groups is 2. The second kappa shape index (κ2) is 8.67. The van der Waals surface area contributed by atoms with Gasteiger partial charge >= 0.3 is 5.97 Å². The fourth-order valence-electron chi connectivity index (χ4n) is 2.19. The van der Waals surface area contributed by atoms with Crippen molar-refractivity contribution in [2.75, 3.05) is 20.7 Å². The van der Waals surface area contributed by atoms with Gasteiger partial charge in [0.2, 0.25) is 0 Å². The Labute approximate surface area is 158 Å². The molecule has 0 radical (unpaired) electrons. The Bertz CT molecular complexity index is 823. The topological polar surface area (TPSA) is 64.4 Å². The van der Waals surface area contributed by atoms with E-state index in [-0.39, 0.29) is 12.5 Å². The molecule has 1 heterocycles. The fraction of sp³-hybridized carbons (Fsp3) is 0.316. The molecule has 0 fully saturated rings. The van der Waals surface area contributed by atoms with E-state index in [4.69, 9.17) is 16.3 Å². The summed E-state index contributed by atoms with van der Waals surface area (Å²) in [5.74, 6) is -0.895. The molecule has 0 aliphatic carbocycles. The Kier molecular flexibility index (Phi) is 6.58. The van der Waals surface area contributed by atoms with Crippen LogP contribution < -0.4 is 0 Å². The molecule has 1 aromatic heterocycles. The second-order valence-electron chi connectivity index (χ2n) is 6.16. The zero-order valence-corrected chi connectivity index (χ0v) is 16.1. The van der Waals surface area contributed by atoms with Crippen molar-refractivity contribution in [3.05, 3.63) is 57.9 Å². The molecule has 0 spiro atoms. The van der Waals surface area contributed by atoms with Gasteiger partial charge in [0.25, 0.3) is 5.91 Å². The van der Waals surface area contributed by atoms with Crippen LogP contribution >= 0.6 is 11.6 Å². The van der Waals surface area contributed by atoms with Crippen molar-refractivity contribution in [3.8, 4) is 0 Å². The predicted molar refractivity (Wildman–Crippen MR) is 101 cm³/mol. The minimum Gasteiger partial charge on any atom is -0.452 e. The van der Waals surface area contributed by atoms with Crippen LogP contribution in [0.4, 0.5) is 0 Å². The van der Waals surface area contributed by atoms with Crippen molar-refractivity contribution in [2.24, 2.45) is 0 Å². The number of likely N-dealkylation sites (N-methyl/N-ethyl adjacent to an activating group) is 1. The Morgan fingerprint density at radius 1 is 1.23 bits per heavy atom. The molecule has 6 nitrogen and oxygen atoms in total. The third-order valence-electron chi connectivity index (χ3n) is 3.79. The van der Waals surface area contributed by atoms with E-state index in [0.717, 1.165) is 5.56 Å². The molecule has 0 atom stereocenters. The van der Waals surface area contributed by atoms with Crippen LogP contribution in [0.2, 0.25) is 5.15 Å². The minimum atomic E-state index is -0.609. The molecule has 0 bridgehead atoms. The molecule has 0 unspecified atom stereocenters. The standard InChI is InChI=1S/C19H22ClN3O3/c1-13-5-7-15(8-6-13)11-23-19(20)16(14(2)21-23)9-10-18(25)26-12-17(24)22(3)4/h5-10H,11-12H2,1-4H3/b10-9+. The molecular weight excluding hydrogens is 354 g/mol. The maximum atomic E-state index is 11.7. The Hall–Kier alpha value is -2.60. The number of rotatable bonds is 6. The third-order valence-corrected chi connectivity index (χ3v) is 4.18. The quantitative estimate of drug-likeness (QED) is 0.575. The van der Waals surface area contributed by atoms with Crippen molar-refractivity contribution in [1.82, 2.24) is 14.7 Å². The van der Waals surface area contributed by atoms with Gasteiger partial charge in [-0.15, -0.1) is 0 Å². The summed E-state index contributed by atoms with van der Waals surface area (Å²) in [4.78, 5) is 24.5. The van der Waals surface area contributed by atoms with E-state index in [1.165, 1.54) is 16.5 Å². The van der Waals surface area contributed by atoms with Gasteiger partial charge in [0.15, 0.2) is 6.61 Å². The number of hydrogen-bond acceptors (Lipinski definition) is 4. The normalized spacial score (nSPS) is 11.0. The van der Waals surface area contributed by atoms with Gasteiger partial charge in [-0.1, -0.05) is 41.4 Å². The number of amides is 1. The van der Waals surface area contributed by atoms with E-state index in [9.17, 15) is 9.59 Å². The largest absolute Gasteiger partial charge is 0.452 e. The van der Waals surface area contributed by atoms with Crippen LogP contribution in [0.3, 0.4) is 0 Å². The van der Waals surface area contributed by atoms with Gasteiger partial charge in [-0.05, 0) is 25.5 Å². The number of aromatic nitrogens is 2. The highest BCUT2D eigenvalue weighted by Crippen LogP contribution is 2.22. The average Bonchev–Trinajstić information content (AvgIpc) is 2.86. The zero-order chi connectivity index (χ0) is 19.3. The first-order valence-electron chi connectivity index (χ1n) is 8.11. The van der Waals surface area contributed by atoms with Gasteiger partial charge in [0, 0.05) is 25.7 Å². The number of carbonyl (C=O) groups excluding carboxylic acids is 2. The molecule has 7 heteroatoms. The van der Waals surface area contributed by atoms with Crippen molar-refractivity contribution >= 4 is 29.6 Å². The maximum Gasteiger partial charge on any atom is 0.331 e. The van der Waals surface area contributed by atoms with Crippen LogP contribution in [0.5, 0.6) is 0 Å². The summed E-state index contributed by atoms with van der Waals surface area (Å²) in [6, 6.07) is 8.12. The first-order chi connectivity index (χ1) is 12.3. The number of hydrogen-bond donors (Lipinski definition) is 0. The number of esters is 1. The van der Waals surface area contributed by atoms with Gasteiger partial charge in [-0.25, -0.2) is 9.48 Å². The van der Waals surface area contributed by atoms with E-state index in [1.807, 2.05) is 38.1 Å². The van der Waals surface area contributed by atoms with E-state index in [1.54, 1.807) is 24.9 Å². The van der Waals surface area contributed by atoms with Crippen LogP contribution in [0, 0.1) is 13.8 Å². The highest BCUT2D eigenvalue weighted by atomic mass is 35.5. The number of halogens is 1. The maximum absolute atomic E-state index is 11.7. The molecule has 0 saturated carbocycles. The van der Waals surface area contributed by atoms with Gasteiger partial charge < -0.3 is 9.64 Å². The summed E-state index contributed by atoms with van der Waals surface area (Å²) in [6.45, 7) is 4.09. The molecular formula is C19H22ClN3O3. The first-order valence-corrected chi connectivity index (χ1v) is 8.49. The number of nitrogens with zero attached hydrogens (tertiary/aromatic N) is 3. The van der Waals surface area contributed by atoms with Crippen LogP contribution in [0.25, 0.3) is 6.08 Å². The SMILES string of the molecule is Cc1ccc(Cn2nc(C)c(/C=C/C(=O)OCC(=O)N(C)C)c2Cl)cc1. The fourth-order valence-corrected chi connectivity index (χ4v) is 2.49. The molecule has 0 aliphatic rings. The second-order valence-corrected chi connectivity index (χ2v) is 6.52. The van der Waals surface area contributed by atoms with Crippen molar-refractivity contribution in [1.29, 1.82) is 0 Å². The van der Waals surface area contributed by atoms with Gasteiger partial charge in [-0.3, -0.25) is 4.79 Å². The molecule has 2 rings (SSSR count). The Morgan fingerprint density at radius 3 is 2.50 bits per heavy atom. The van der Waals surface area contributed by atoms with E-state index in [2.05, 4.69) is 5.10 Å². The molecule has 26 heavy (non-hydrogen) atoms. The highest BCUT2D eigenvalue weighted by Gasteiger charge is 2.12. The molecule has 1 aromatic carbocycles. The summed E-state index contributed by atoms with van der Waals surface area (Å²) < 4.78 is 6.58. The minimum absolute atomic E-state index is 0.285. The van der Waals surface area contributed by atoms with E-state index in [0.29, 0.717) is 23.0 Å². The molecule has 0 saturated heterocycles. The lowest BCUT2D eigenvalue weighted by Crippen LogP contribution is -2.27. The van der Waals surface area contributed by atoms with E-state index >= 15 is 0 Å². The lowest BCUT2D eigenvalue weighted by molar-refractivity contribution is -0.146. The smallest absolute Gasteiger partial charge is 0.331 e. The van der Waals surface area contributed by atoms with Gasteiger partial charge in [-0.2, -0.15) is 5.10 Å². The highest BCUT2D eigenvalue weighted by molar-refractivity contribution is 6.31.